The van der Waals surface area contributed by atoms with E-state index in [9.17, 15) is 4.79 Å². The maximum absolute atomic E-state index is 12.6. The van der Waals surface area contributed by atoms with Crippen molar-refractivity contribution in [2.24, 2.45) is 0 Å². The lowest BCUT2D eigenvalue weighted by atomic mass is 10.1. The summed E-state index contributed by atoms with van der Waals surface area (Å²) in [5, 5.41) is 0. The second-order valence-electron chi connectivity index (χ2n) is 7.69. The predicted octanol–water partition coefficient (Wildman–Crippen LogP) is 3.14. The summed E-state index contributed by atoms with van der Waals surface area (Å²) in [6.45, 7) is 11.8. The van der Waals surface area contributed by atoms with E-state index >= 15 is 0 Å². The van der Waals surface area contributed by atoms with Crippen molar-refractivity contribution in [1.82, 2.24) is 14.5 Å². The van der Waals surface area contributed by atoms with Crippen LogP contribution >= 0.6 is 0 Å². The van der Waals surface area contributed by atoms with Gasteiger partial charge >= 0.3 is 0 Å². The molecule has 28 heavy (non-hydrogen) atoms. The molecule has 0 N–H and O–H groups in total. The second-order valence-corrected chi connectivity index (χ2v) is 7.69. The average Bonchev–Trinajstić information content (AvgIpc) is 2.71. The van der Waals surface area contributed by atoms with Crippen LogP contribution in [-0.4, -0.2) is 47.2 Å². The highest BCUT2D eigenvalue weighted by Crippen LogP contribution is 2.23. The average molecular weight is 377 g/mol. The van der Waals surface area contributed by atoms with Gasteiger partial charge in [-0.25, -0.2) is 4.98 Å². The fourth-order valence-corrected chi connectivity index (χ4v) is 4.07. The monoisotopic (exact) mass is 376 g/mol. The van der Waals surface area contributed by atoms with Gasteiger partial charge in [-0.1, -0.05) is 24.3 Å². The number of aryl methyl sites for hydroxylation is 2. The Bertz CT molecular complexity index is 1050. The fraction of sp³-hybridized carbons (Fsp3) is 0.391. The fourth-order valence-electron chi connectivity index (χ4n) is 4.07. The van der Waals surface area contributed by atoms with Crippen molar-refractivity contribution in [3.05, 3.63) is 69.6 Å². The Kier molecular flexibility index (Phi) is 5.18. The highest BCUT2D eigenvalue weighted by molar-refractivity contribution is 5.74. The number of piperazine rings is 1. The maximum Gasteiger partial charge on any atom is 0.272 e. The van der Waals surface area contributed by atoms with E-state index in [4.69, 9.17) is 0 Å². The van der Waals surface area contributed by atoms with Crippen LogP contribution in [0.25, 0.3) is 11.0 Å². The smallest absolute Gasteiger partial charge is 0.272 e. The molecule has 5 nitrogen and oxygen atoms in total. The number of hydrogen-bond acceptors (Lipinski definition) is 4. The lowest BCUT2D eigenvalue weighted by Crippen LogP contribution is -2.47. The summed E-state index contributed by atoms with van der Waals surface area (Å²) >= 11 is 0. The van der Waals surface area contributed by atoms with Crippen molar-refractivity contribution in [2.75, 3.05) is 37.6 Å². The molecule has 0 radical (unpaired) electrons. The standard InChI is InChI=1S/C23H28N4O/c1-17-7-6-10-21(18(17)2)26-14-11-25(12-15-26)13-16-27-22-9-5-4-8-20(22)24-19(3)23(27)28/h4-10H,11-16H2,1-3H3. The van der Waals surface area contributed by atoms with E-state index in [2.05, 4.69) is 46.8 Å². The summed E-state index contributed by atoms with van der Waals surface area (Å²) in [6, 6.07) is 14.4. The van der Waals surface area contributed by atoms with Gasteiger partial charge in [-0.15, -0.1) is 0 Å². The molecule has 1 aromatic heterocycles. The van der Waals surface area contributed by atoms with E-state index in [-0.39, 0.29) is 5.56 Å². The molecule has 2 heterocycles. The van der Waals surface area contributed by atoms with E-state index in [0.717, 1.165) is 43.8 Å². The lowest BCUT2D eigenvalue weighted by Gasteiger charge is -2.37. The lowest BCUT2D eigenvalue weighted by molar-refractivity contribution is 0.248. The van der Waals surface area contributed by atoms with Crippen molar-refractivity contribution >= 4 is 16.7 Å². The van der Waals surface area contributed by atoms with Gasteiger partial charge < -0.3 is 9.47 Å². The molecular formula is C23H28N4O. The highest BCUT2D eigenvalue weighted by atomic mass is 16.1. The SMILES string of the molecule is Cc1cccc(N2CCN(CCn3c(=O)c(C)nc4ccccc43)CC2)c1C. The largest absolute Gasteiger partial charge is 0.369 e. The Hall–Kier alpha value is -2.66. The topological polar surface area (TPSA) is 41.4 Å². The minimum atomic E-state index is 0.0210. The molecule has 0 spiro atoms. The highest BCUT2D eigenvalue weighted by Gasteiger charge is 2.19. The number of aromatic nitrogens is 2. The van der Waals surface area contributed by atoms with Gasteiger partial charge in [0, 0.05) is 45.0 Å². The van der Waals surface area contributed by atoms with Crippen molar-refractivity contribution < 1.29 is 0 Å². The van der Waals surface area contributed by atoms with Gasteiger partial charge in [0.2, 0.25) is 0 Å². The molecule has 0 bridgehead atoms. The van der Waals surface area contributed by atoms with Crippen LogP contribution in [0.15, 0.2) is 47.3 Å². The first-order valence-corrected chi connectivity index (χ1v) is 10.0. The summed E-state index contributed by atoms with van der Waals surface area (Å²) in [5.41, 5.74) is 6.48. The molecule has 0 aliphatic carbocycles. The summed E-state index contributed by atoms with van der Waals surface area (Å²) < 4.78 is 1.88. The maximum atomic E-state index is 12.6. The Balaban J connectivity index is 1.44. The number of fused-ring (bicyclic) bond motifs is 1. The normalized spacial score (nSPS) is 15.3. The van der Waals surface area contributed by atoms with Crippen LogP contribution in [0.3, 0.4) is 0 Å². The quantitative estimate of drug-likeness (QED) is 0.701. The van der Waals surface area contributed by atoms with E-state index in [0.29, 0.717) is 12.2 Å². The van der Waals surface area contributed by atoms with E-state index in [1.807, 2.05) is 28.8 Å². The Morgan fingerprint density at radius 3 is 2.43 bits per heavy atom. The third-order valence-electron chi connectivity index (χ3n) is 5.94. The van der Waals surface area contributed by atoms with Gasteiger partial charge in [-0.05, 0) is 50.1 Å². The van der Waals surface area contributed by atoms with Crippen LogP contribution in [-0.2, 0) is 6.54 Å². The molecule has 5 heteroatoms. The first kappa shape index (κ1) is 18.7. The molecule has 2 aromatic carbocycles. The number of anilines is 1. The number of rotatable bonds is 4. The van der Waals surface area contributed by atoms with Crippen molar-refractivity contribution in [3.63, 3.8) is 0 Å². The number of nitrogens with zero attached hydrogens (tertiary/aromatic N) is 4. The van der Waals surface area contributed by atoms with Crippen LogP contribution in [0.2, 0.25) is 0 Å². The number of benzene rings is 2. The zero-order valence-corrected chi connectivity index (χ0v) is 17.0. The summed E-state index contributed by atoms with van der Waals surface area (Å²) in [7, 11) is 0. The van der Waals surface area contributed by atoms with Gasteiger partial charge in [0.25, 0.3) is 5.56 Å². The van der Waals surface area contributed by atoms with E-state index in [1.165, 1.54) is 16.8 Å². The van der Waals surface area contributed by atoms with Crippen molar-refractivity contribution in [2.45, 2.75) is 27.3 Å². The number of para-hydroxylation sites is 2. The van der Waals surface area contributed by atoms with Crippen molar-refractivity contribution in [1.29, 1.82) is 0 Å². The summed E-state index contributed by atoms with van der Waals surface area (Å²) in [5.74, 6) is 0. The first-order valence-electron chi connectivity index (χ1n) is 10.0. The van der Waals surface area contributed by atoms with Gasteiger partial charge in [0.1, 0.15) is 5.69 Å². The third-order valence-corrected chi connectivity index (χ3v) is 5.94. The minimum absolute atomic E-state index is 0.0210. The summed E-state index contributed by atoms with van der Waals surface area (Å²) in [6.07, 6.45) is 0. The van der Waals surface area contributed by atoms with Crippen LogP contribution in [0.1, 0.15) is 16.8 Å². The first-order chi connectivity index (χ1) is 13.5. The van der Waals surface area contributed by atoms with Crippen LogP contribution in [0.4, 0.5) is 5.69 Å². The minimum Gasteiger partial charge on any atom is -0.369 e. The molecule has 146 valence electrons. The Labute approximate surface area is 166 Å². The number of hydrogen-bond donors (Lipinski definition) is 0. The van der Waals surface area contributed by atoms with Crippen LogP contribution in [0, 0.1) is 20.8 Å². The van der Waals surface area contributed by atoms with Gasteiger partial charge in [0.05, 0.1) is 11.0 Å². The molecule has 1 aliphatic rings. The van der Waals surface area contributed by atoms with Gasteiger partial charge in [-0.3, -0.25) is 9.69 Å². The molecule has 3 aromatic rings. The zero-order chi connectivity index (χ0) is 19.7. The summed E-state index contributed by atoms with van der Waals surface area (Å²) in [4.78, 5) is 22.0. The molecular weight excluding hydrogens is 348 g/mol. The molecule has 1 aliphatic heterocycles. The van der Waals surface area contributed by atoms with E-state index in [1.54, 1.807) is 6.92 Å². The Morgan fingerprint density at radius 2 is 1.64 bits per heavy atom. The zero-order valence-electron chi connectivity index (χ0n) is 17.0. The Morgan fingerprint density at radius 1 is 0.893 bits per heavy atom. The van der Waals surface area contributed by atoms with E-state index < -0.39 is 0 Å². The molecule has 1 saturated heterocycles. The molecule has 0 unspecified atom stereocenters. The molecule has 0 atom stereocenters. The molecule has 0 amide bonds. The van der Waals surface area contributed by atoms with Crippen molar-refractivity contribution in [3.8, 4) is 0 Å². The van der Waals surface area contributed by atoms with Crippen LogP contribution < -0.4 is 10.5 Å². The van der Waals surface area contributed by atoms with Gasteiger partial charge in [0.15, 0.2) is 0 Å². The predicted molar refractivity (Wildman–Crippen MR) is 115 cm³/mol. The molecule has 4 rings (SSSR count). The molecule has 0 saturated carbocycles. The third kappa shape index (κ3) is 3.54. The molecule has 1 fully saturated rings. The second kappa shape index (κ2) is 7.76. The van der Waals surface area contributed by atoms with Crippen LogP contribution in [0.5, 0.6) is 0 Å². The van der Waals surface area contributed by atoms with Gasteiger partial charge in [-0.2, -0.15) is 0 Å².